The number of nitrogens with one attached hydrogen (secondary N) is 2. The van der Waals surface area contributed by atoms with Gasteiger partial charge in [-0.1, -0.05) is 248 Å². The average molecular weight is 1190 g/mol. The first-order chi connectivity index (χ1) is 41.3. The number of ether oxygens (including phenoxy) is 1. The highest BCUT2D eigenvalue weighted by molar-refractivity contribution is 8.00. The van der Waals surface area contributed by atoms with E-state index < -0.39 is 67.8 Å². The van der Waals surface area contributed by atoms with Crippen molar-refractivity contribution < 1.29 is 49.7 Å². The van der Waals surface area contributed by atoms with E-state index in [9.17, 15) is 31.2 Å². The van der Waals surface area contributed by atoms with Crippen LogP contribution in [0, 0.1) is 0 Å². The molecule has 0 bridgehead atoms. The summed E-state index contributed by atoms with van der Waals surface area (Å²) in [5.41, 5.74) is -3.28. The Morgan fingerprint density at radius 3 is 1.49 bits per heavy atom. The van der Waals surface area contributed by atoms with Crippen molar-refractivity contribution in [3.63, 3.8) is 0 Å². The van der Waals surface area contributed by atoms with Crippen LogP contribution in [0.4, 0.5) is 18.3 Å². The highest BCUT2D eigenvalue weighted by Crippen LogP contribution is 2.45. The number of rotatable bonds is 20. The first-order valence-electron chi connectivity index (χ1n) is 26.6. The van der Waals surface area contributed by atoms with E-state index in [1.807, 2.05) is 182 Å². The quantitative estimate of drug-likeness (QED) is 0.0109. The fourth-order valence-electron chi connectivity index (χ4n) is 10.3. The van der Waals surface area contributed by atoms with Crippen LogP contribution in [0.2, 0.25) is 0 Å². The number of β-lactam (4-membered cyclic amide) rings is 1. The second-order valence-corrected chi connectivity index (χ2v) is 23.0. The topological polar surface area (TPSA) is 166 Å². The minimum Gasteiger partial charge on any atom is -0.448 e. The van der Waals surface area contributed by atoms with Crippen LogP contribution in [0.15, 0.2) is 277 Å². The number of benzene rings is 8. The molecule has 2 atom stereocenters. The predicted octanol–water partition coefficient (Wildman–Crippen LogP) is 12.6. The standard InChI is InChI=1S/C66H50F3N5O8S3/c67-66(68,69)85(78,79)80-42-41-47-43-83-61-56(60(76)74(61)57(47)62(77)81-58(45-25-9-1-10-26-45)46-27-11-2-12-28-46)71-59(75)55(73-82-65(51-35-19-6-20-36-51,52-37-21-7-22-38-52)53-39-23-8-24-40-53)54-44-84-63(70-54)72-64(48-29-13-3-14-30-48,49-31-15-4-16-32-49)50-33-17-5-18-34-50/h1-42,44,56,58,61H,43H2,(H,70,72)(H,71,75)/t56?,61-/m1/s1. The van der Waals surface area contributed by atoms with Gasteiger partial charge in [-0.3, -0.25) is 14.5 Å². The van der Waals surface area contributed by atoms with Crippen LogP contribution in [-0.2, 0) is 49.4 Å². The number of allylic oxidation sites excluding steroid dienone is 1. The molecular weight excluding hydrogens is 1140 g/mol. The number of oxime groups is 1. The molecule has 0 radical (unpaired) electrons. The van der Waals surface area contributed by atoms with Gasteiger partial charge in [0.25, 0.3) is 11.8 Å². The van der Waals surface area contributed by atoms with Crippen molar-refractivity contribution in [1.29, 1.82) is 0 Å². The number of hydrogen-bond acceptors (Lipinski definition) is 13. The monoisotopic (exact) mass is 1190 g/mol. The Labute approximate surface area is 496 Å². The van der Waals surface area contributed by atoms with Crippen molar-refractivity contribution in [2.45, 2.75) is 34.2 Å². The lowest BCUT2D eigenvalue weighted by Crippen LogP contribution is -2.71. The second-order valence-electron chi connectivity index (χ2n) is 19.5. The van der Waals surface area contributed by atoms with Gasteiger partial charge < -0.3 is 24.4 Å². The molecule has 1 fully saturated rings. The van der Waals surface area contributed by atoms with E-state index in [0.717, 1.165) is 39.4 Å². The highest BCUT2D eigenvalue weighted by Gasteiger charge is 2.55. The van der Waals surface area contributed by atoms with Gasteiger partial charge in [0.2, 0.25) is 5.60 Å². The second kappa shape index (κ2) is 24.7. The third-order valence-electron chi connectivity index (χ3n) is 14.3. The van der Waals surface area contributed by atoms with Crippen molar-refractivity contribution in [2.24, 2.45) is 5.16 Å². The van der Waals surface area contributed by atoms with Gasteiger partial charge in [-0.05, 0) is 39.5 Å². The van der Waals surface area contributed by atoms with E-state index in [-0.39, 0.29) is 29.0 Å². The molecule has 0 aliphatic carbocycles. The molecule has 19 heteroatoms. The van der Waals surface area contributed by atoms with E-state index in [4.69, 9.17) is 19.7 Å². The highest BCUT2D eigenvalue weighted by atomic mass is 32.2. The molecule has 85 heavy (non-hydrogen) atoms. The Morgan fingerprint density at radius 2 is 1.06 bits per heavy atom. The molecule has 0 spiro atoms. The van der Waals surface area contributed by atoms with E-state index in [0.29, 0.717) is 32.9 Å². The lowest BCUT2D eigenvalue weighted by atomic mass is 9.77. The molecule has 1 unspecified atom stereocenters. The smallest absolute Gasteiger partial charge is 0.448 e. The lowest BCUT2D eigenvalue weighted by Gasteiger charge is -2.49. The maximum atomic E-state index is 15.5. The Hall–Kier alpha value is -9.56. The SMILES string of the molecule is O=C(NC1C(=O)N2C(C(=O)OC(c3ccccc3)c3ccccc3)=C(C=COS(=O)(=O)C(F)(F)F)CS[C@H]12)C(=NOC(c1ccccc1)(c1ccccc1)c1ccccc1)c1csc(NC(c2ccccc2)(c2ccccc2)c2ccccc2)n1. The van der Waals surface area contributed by atoms with Crippen LogP contribution in [0.3, 0.4) is 0 Å². The molecule has 13 nitrogen and oxygen atoms in total. The van der Waals surface area contributed by atoms with Gasteiger partial charge in [0.1, 0.15) is 34.6 Å². The Kier molecular flexibility index (Phi) is 16.7. The van der Waals surface area contributed by atoms with Crippen LogP contribution in [-0.4, -0.2) is 64.5 Å². The molecule has 2 N–H and O–H groups in total. The largest absolute Gasteiger partial charge is 0.534 e. The van der Waals surface area contributed by atoms with Gasteiger partial charge in [0.15, 0.2) is 16.9 Å². The number of alkyl halides is 3. The van der Waals surface area contributed by atoms with Crippen LogP contribution in [0.25, 0.3) is 0 Å². The van der Waals surface area contributed by atoms with E-state index in [1.54, 1.807) is 66.0 Å². The number of nitrogens with zero attached hydrogens (tertiary/aromatic N) is 3. The average Bonchev–Trinajstić information content (AvgIpc) is 1.54. The molecule has 2 aliphatic rings. The van der Waals surface area contributed by atoms with Crippen LogP contribution in [0.1, 0.15) is 56.3 Å². The van der Waals surface area contributed by atoms with E-state index in [2.05, 4.69) is 14.8 Å². The fraction of sp³-hybridized carbons (Fsp3) is 0.106. The normalized spacial score (nSPS) is 15.6. The number of thioether (sulfide) groups is 1. The first kappa shape index (κ1) is 57.3. The molecule has 1 saturated heterocycles. The van der Waals surface area contributed by atoms with Crippen molar-refractivity contribution in [3.05, 3.63) is 322 Å². The van der Waals surface area contributed by atoms with E-state index in [1.165, 1.54) is 11.3 Å². The summed E-state index contributed by atoms with van der Waals surface area (Å²) in [5.74, 6) is -2.97. The summed E-state index contributed by atoms with van der Waals surface area (Å²) in [6.07, 6.45) is 0.100. The number of esters is 1. The number of carbonyl (C=O) groups excluding carboxylic acids is 3. The number of amides is 2. The van der Waals surface area contributed by atoms with Crippen molar-refractivity contribution in [1.82, 2.24) is 15.2 Å². The van der Waals surface area contributed by atoms with Gasteiger partial charge in [0, 0.05) is 27.8 Å². The number of anilines is 1. The molecule has 2 aliphatic heterocycles. The summed E-state index contributed by atoms with van der Waals surface area (Å²) in [7, 11) is -6.10. The zero-order chi connectivity index (χ0) is 59.0. The predicted molar refractivity (Wildman–Crippen MR) is 320 cm³/mol. The van der Waals surface area contributed by atoms with Gasteiger partial charge in [0.05, 0.1) is 0 Å². The Morgan fingerprint density at radius 1 is 0.635 bits per heavy atom. The van der Waals surface area contributed by atoms with Gasteiger partial charge >= 0.3 is 21.6 Å². The maximum absolute atomic E-state index is 15.5. The zero-order valence-corrected chi connectivity index (χ0v) is 47.2. The third kappa shape index (κ3) is 11.6. The van der Waals surface area contributed by atoms with Crippen LogP contribution in [0.5, 0.6) is 0 Å². The summed E-state index contributed by atoms with van der Waals surface area (Å²) >= 11 is 2.25. The molecule has 9 aromatic rings. The maximum Gasteiger partial charge on any atom is 0.534 e. The van der Waals surface area contributed by atoms with Gasteiger partial charge in [-0.2, -0.15) is 21.6 Å². The lowest BCUT2D eigenvalue weighted by molar-refractivity contribution is -0.154. The molecule has 426 valence electrons. The van der Waals surface area contributed by atoms with Crippen LogP contribution < -0.4 is 10.6 Å². The summed E-state index contributed by atoms with van der Waals surface area (Å²) in [6.45, 7) is 0. The number of fused-ring (bicyclic) bond motifs is 1. The molecule has 2 amide bonds. The number of hydrogen-bond donors (Lipinski definition) is 2. The minimum absolute atomic E-state index is 0.0642. The first-order valence-corrected chi connectivity index (χ1v) is 29.9. The summed E-state index contributed by atoms with van der Waals surface area (Å²) in [6, 6.07) is 73.9. The Bertz CT molecular complexity index is 3790. The van der Waals surface area contributed by atoms with Gasteiger partial charge in [-0.25, -0.2) is 9.78 Å². The zero-order valence-electron chi connectivity index (χ0n) is 44.7. The number of aromatic nitrogens is 1. The summed E-state index contributed by atoms with van der Waals surface area (Å²) in [4.78, 5) is 58.1. The molecule has 3 heterocycles. The molecule has 0 saturated carbocycles. The molecule has 1 aromatic heterocycles. The number of halogens is 3. The van der Waals surface area contributed by atoms with Crippen molar-refractivity contribution in [3.8, 4) is 0 Å². The molecule has 8 aromatic carbocycles. The van der Waals surface area contributed by atoms with Crippen LogP contribution >= 0.6 is 23.1 Å². The van der Waals surface area contributed by atoms with Gasteiger partial charge in [-0.15, -0.1) is 23.1 Å². The Balaban J connectivity index is 0.995. The molecule has 11 rings (SSSR count). The molecular formula is C66H50F3N5O8S3. The fourth-order valence-corrected chi connectivity index (χ4v) is 12.7. The van der Waals surface area contributed by atoms with Crippen molar-refractivity contribution >= 4 is 61.8 Å². The number of thiazole rings is 1. The summed E-state index contributed by atoms with van der Waals surface area (Å²) in [5, 5.41) is 12.4. The van der Waals surface area contributed by atoms with Crippen molar-refractivity contribution in [2.75, 3.05) is 11.1 Å². The third-order valence-corrected chi connectivity index (χ3v) is 17.3. The number of carbonyl (C=O) groups is 3. The summed E-state index contributed by atoms with van der Waals surface area (Å²) < 4.78 is 74.5. The minimum atomic E-state index is -6.10. The van der Waals surface area contributed by atoms with E-state index >= 15 is 4.79 Å².